The Morgan fingerprint density at radius 1 is 1.33 bits per heavy atom. The summed E-state index contributed by atoms with van der Waals surface area (Å²) in [7, 11) is 0. The number of aryl methyl sites for hydroxylation is 2. The van der Waals surface area contributed by atoms with Crippen molar-refractivity contribution < 1.29 is 9.66 Å². The van der Waals surface area contributed by atoms with Crippen LogP contribution in [0.3, 0.4) is 0 Å². The van der Waals surface area contributed by atoms with Crippen molar-refractivity contribution in [2.24, 2.45) is 0 Å². The van der Waals surface area contributed by atoms with Crippen molar-refractivity contribution in [1.82, 2.24) is 9.97 Å². The first-order chi connectivity index (χ1) is 9.92. The molecular formula is C14H16N4O3. The molecule has 7 heteroatoms. The van der Waals surface area contributed by atoms with Crippen LogP contribution >= 0.6 is 0 Å². The standard InChI is InChI=1S/C14H16N4O3/c1-4-12-16-13(15)9(3)14(17-12)21-11-7-8(2)5-6-10(11)18(19)20/h5-7H,4H2,1-3H3,(H2,15,16,17). The van der Waals surface area contributed by atoms with Gasteiger partial charge in [0.2, 0.25) is 11.6 Å². The second-order valence-electron chi connectivity index (χ2n) is 4.64. The quantitative estimate of drug-likeness (QED) is 0.685. The number of aromatic nitrogens is 2. The Bertz CT molecular complexity index is 701. The molecule has 1 heterocycles. The molecule has 0 fully saturated rings. The number of ether oxygens (including phenoxy) is 1. The van der Waals surface area contributed by atoms with E-state index in [0.717, 1.165) is 5.56 Å². The maximum Gasteiger partial charge on any atom is 0.311 e. The second-order valence-corrected chi connectivity index (χ2v) is 4.64. The lowest BCUT2D eigenvalue weighted by atomic mass is 10.2. The maximum absolute atomic E-state index is 11.1. The molecule has 0 amide bonds. The number of anilines is 1. The lowest BCUT2D eigenvalue weighted by molar-refractivity contribution is -0.385. The molecule has 1 aromatic heterocycles. The van der Waals surface area contributed by atoms with E-state index in [4.69, 9.17) is 10.5 Å². The average molecular weight is 288 g/mol. The summed E-state index contributed by atoms with van der Waals surface area (Å²) in [5.74, 6) is 1.23. The van der Waals surface area contributed by atoms with Gasteiger partial charge < -0.3 is 10.5 Å². The van der Waals surface area contributed by atoms with Crippen LogP contribution in [-0.2, 0) is 6.42 Å². The molecule has 21 heavy (non-hydrogen) atoms. The van der Waals surface area contributed by atoms with Gasteiger partial charge in [0.1, 0.15) is 11.6 Å². The van der Waals surface area contributed by atoms with E-state index in [2.05, 4.69) is 9.97 Å². The van der Waals surface area contributed by atoms with E-state index in [1.807, 2.05) is 13.8 Å². The fourth-order valence-corrected chi connectivity index (χ4v) is 1.77. The number of nitrogens with two attached hydrogens (primary N) is 1. The fourth-order valence-electron chi connectivity index (χ4n) is 1.77. The van der Waals surface area contributed by atoms with Crippen LogP contribution in [-0.4, -0.2) is 14.9 Å². The maximum atomic E-state index is 11.1. The van der Waals surface area contributed by atoms with Gasteiger partial charge in [-0.15, -0.1) is 0 Å². The molecule has 0 aliphatic carbocycles. The van der Waals surface area contributed by atoms with Crippen LogP contribution in [0.2, 0.25) is 0 Å². The van der Waals surface area contributed by atoms with Crippen LogP contribution in [0.4, 0.5) is 11.5 Å². The van der Waals surface area contributed by atoms with Crippen molar-refractivity contribution in [2.45, 2.75) is 27.2 Å². The highest BCUT2D eigenvalue weighted by Crippen LogP contribution is 2.33. The molecule has 7 nitrogen and oxygen atoms in total. The summed E-state index contributed by atoms with van der Waals surface area (Å²) in [5, 5.41) is 11.1. The van der Waals surface area contributed by atoms with Gasteiger partial charge in [-0.1, -0.05) is 13.0 Å². The minimum atomic E-state index is -0.491. The molecule has 0 bridgehead atoms. The van der Waals surface area contributed by atoms with Crippen molar-refractivity contribution >= 4 is 11.5 Å². The van der Waals surface area contributed by atoms with Gasteiger partial charge in [-0.3, -0.25) is 10.1 Å². The van der Waals surface area contributed by atoms with Crippen LogP contribution in [0.1, 0.15) is 23.9 Å². The van der Waals surface area contributed by atoms with Gasteiger partial charge in [-0.25, -0.2) is 4.98 Å². The first-order valence-corrected chi connectivity index (χ1v) is 6.48. The molecule has 1 aromatic carbocycles. The second kappa shape index (κ2) is 5.74. The number of benzene rings is 1. The molecule has 0 saturated carbocycles. The molecule has 2 N–H and O–H groups in total. The summed E-state index contributed by atoms with van der Waals surface area (Å²) in [5.41, 5.74) is 7.11. The average Bonchev–Trinajstić information content (AvgIpc) is 2.43. The summed E-state index contributed by atoms with van der Waals surface area (Å²) in [6.45, 7) is 5.43. The molecule has 0 unspecified atom stereocenters. The third-order valence-electron chi connectivity index (χ3n) is 3.02. The van der Waals surface area contributed by atoms with Crippen LogP contribution in [0, 0.1) is 24.0 Å². The smallest absolute Gasteiger partial charge is 0.311 e. The lowest BCUT2D eigenvalue weighted by Crippen LogP contribution is -2.05. The van der Waals surface area contributed by atoms with Gasteiger partial charge in [-0.2, -0.15) is 4.98 Å². The van der Waals surface area contributed by atoms with Crippen molar-refractivity contribution in [3.05, 3.63) is 45.3 Å². The highest BCUT2D eigenvalue weighted by Gasteiger charge is 2.18. The zero-order chi connectivity index (χ0) is 15.6. The number of hydrogen-bond acceptors (Lipinski definition) is 6. The largest absolute Gasteiger partial charge is 0.431 e. The summed E-state index contributed by atoms with van der Waals surface area (Å²) < 4.78 is 5.63. The first kappa shape index (κ1) is 14.7. The van der Waals surface area contributed by atoms with Crippen LogP contribution in [0.25, 0.3) is 0 Å². The SMILES string of the molecule is CCc1nc(N)c(C)c(Oc2cc(C)ccc2[N+](=O)[O-])n1. The highest BCUT2D eigenvalue weighted by molar-refractivity contribution is 5.52. The monoisotopic (exact) mass is 288 g/mol. The van der Waals surface area contributed by atoms with Crippen molar-refractivity contribution in [1.29, 1.82) is 0 Å². The molecule has 0 aliphatic heterocycles. The van der Waals surface area contributed by atoms with Gasteiger partial charge in [0.25, 0.3) is 0 Å². The Hall–Kier alpha value is -2.70. The number of hydrogen-bond donors (Lipinski definition) is 1. The summed E-state index contributed by atoms with van der Waals surface area (Å²) >= 11 is 0. The van der Waals surface area contributed by atoms with E-state index in [0.29, 0.717) is 23.6 Å². The minimum absolute atomic E-state index is 0.116. The molecule has 0 saturated heterocycles. The predicted molar refractivity (Wildman–Crippen MR) is 78.5 cm³/mol. The molecule has 2 rings (SSSR count). The Balaban J connectivity index is 2.49. The molecule has 0 radical (unpaired) electrons. The molecular weight excluding hydrogens is 272 g/mol. The highest BCUT2D eigenvalue weighted by atomic mass is 16.6. The normalized spacial score (nSPS) is 10.4. The van der Waals surface area contributed by atoms with Crippen molar-refractivity contribution in [3.63, 3.8) is 0 Å². The number of nitro groups is 1. The van der Waals surface area contributed by atoms with Crippen molar-refractivity contribution in [2.75, 3.05) is 5.73 Å². The molecule has 0 atom stereocenters. The summed E-state index contributed by atoms with van der Waals surface area (Å²) in [6.07, 6.45) is 0.594. The van der Waals surface area contributed by atoms with Gasteiger partial charge in [0, 0.05) is 12.5 Å². The van der Waals surface area contributed by atoms with E-state index in [9.17, 15) is 10.1 Å². The third kappa shape index (κ3) is 3.07. The molecule has 2 aromatic rings. The number of nitro benzene ring substituents is 1. The Morgan fingerprint density at radius 2 is 2.05 bits per heavy atom. The fraction of sp³-hybridized carbons (Fsp3) is 0.286. The van der Waals surface area contributed by atoms with Crippen LogP contribution in [0.15, 0.2) is 18.2 Å². The zero-order valence-corrected chi connectivity index (χ0v) is 12.1. The van der Waals surface area contributed by atoms with Crippen molar-refractivity contribution in [3.8, 4) is 11.6 Å². The van der Waals surface area contributed by atoms with E-state index in [1.165, 1.54) is 6.07 Å². The Kier molecular flexibility index (Phi) is 4.02. The minimum Gasteiger partial charge on any atom is -0.431 e. The van der Waals surface area contributed by atoms with E-state index in [1.54, 1.807) is 19.1 Å². The first-order valence-electron chi connectivity index (χ1n) is 6.48. The molecule has 110 valence electrons. The van der Waals surface area contributed by atoms with Gasteiger partial charge >= 0.3 is 5.69 Å². The van der Waals surface area contributed by atoms with Gasteiger partial charge in [0.15, 0.2) is 0 Å². The lowest BCUT2D eigenvalue weighted by Gasteiger charge is -2.11. The number of nitrogens with zero attached hydrogens (tertiary/aromatic N) is 3. The Labute approximate surface area is 121 Å². The number of nitrogen functional groups attached to an aromatic ring is 1. The van der Waals surface area contributed by atoms with Crippen LogP contribution < -0.4 is 10.5 Å². The topological polar surface area (TPSA) is 104 Å². The summed E-state index contributed by atoms with van der Waals surface area (Å²) in [4.78, 5) is 18.9. The van der Waals surface area contributed by atoms with E-state index in [-0.39, 0.29) is 17.3 Å². The predicted octanol–water partition coefficient (Wildman–Crippen LogP) is 2.94. The molecule has 0 spiro atoms. The van der Waals surface area contributed by atoms with Crippen LogP contribution in [0.5, 0.6) is 11.6 Å². The van der Waals surface area contributed by atoms with Gasteiger partial charge in [0.05, 0.1) is 10.5 Å². The summed E-state index contributed by atoms with van der Waals surface area (Å²) in [6, 6.07) is 4.66. The van der Waals surface area contributed by atoms with E-state index < -0.39 is 4.92 Å². The number of rotatable bonds is 4. The van der Waals surface area contributed by atoms with E-state index >= 15 is 0 Å². The zero-order valence-electron chi connectivity index (χ0n) is 12.1. The Morgan fingerprint density at radius 3 is 2.67 bits per heavy atom. The van der Waals surface area contributed by atoms with Gasteiger partial charge in [-0.05, 0) is 25.5 Å². The molecule has 0 aliphatic rings. The third-order valence-corrected chi connectivity index (χ3v) is 3.02.